The molecule has 3 aromatic rings. The number of aliphatic hydroxyl groups is 1. The van der Waals surface area contributed by atoms with Crippen LogP contribution in [0.2, 0.25) is 0 Å². The molecular formula is C25H31N3O5. The third kappa shape index (κ3) is 6.26. The van der Waals surface area contributed by atoms with Crippen molar-refractivity contribution < 1.29 is 24.2 Å². The second-order valence-electron chi connectivity index (χ2n) is 8.76. The van der Waals surface area contributed by atoms with Crippen molar-refractivity contribution in [3.8, 4) is 17.1 Å². The zero-order valence-electron chi connectivity index (χ0n) is 19.5. The smallest absolute Gasteiger partial charge is 0.408 e. The van der Waals surface area contributed by atoms with E-state index in [1.807, 2.05) is 63.2 Å². The Bertz CT molecular complexity index is 1090. The fourth-order valence-corrected chi connectivity index (χ4v) is 3.49. The minimum Gasteiger partial charge on any atom is -0.496 e. The molecule has 176 valence electrons. The molecule has 0 saturated heterocycles. The number of ether oxygens (including phenoxy) is 1. The molecule has 0 atom stereocenters. The van der Waals surface area contributed by atoms with E-state index in [-0.39, 0.29) is 13.2 Å². The molecule has 1 amide bonds. The number of benzene rings is 2. The molecule has 33 heavy (non-hydrogen) atoms. The Balaban J connectivity index is 1.79. The molecule has 0 fully saturated rings. The van der Waals surface area contributed by atoms with Crippen LogP contribution in [0.5, 0.6) is 5.75 Å². The highest BCUT2D eigenvalue weighted by atomic mass is 16.5. The first-order valence-corrected chi connectivity index (χ1v) is 10.8. The van der Waals surface area contributed by atoms with E-state index in [1.54, 1.807) is 13.3 Å². The van der Waals surface area contributed by atoms with Crippen LogP contribution in [-0.2, 0) is 13.0 Å². The summed E-state index contributed by atoms with van der Waals surface area (Å²) < 4.78 is 11.4. The van der Waals surface area contributed by atoms with Crippen LogP contribution in [0.1, 0.15) is 38.3 Å². The molecule has 2 aromatic carbocycles. The number of oxazole rings is 1. The summed E-state index contributed by atoms with van der Waals surface area (Å²) in [6.07, 6.45) is 2.10. The Morgan fingerprint density at radius 1 is 1.18 bits per heavy atom. The van der Waals surface area contributed by atoms with Gasteiger partial charge in [-0.05, 0) is 69.0 Å². The lowest BCUT2D eigenvalue weighted by Crippen LogP contribution is -2.44. The topological polar surface area (TPSA) is 108 Å². The van der Waals surface area contributed by atoms with Crippen LogP contribution in [-0.4, -0.2) is 45.4 Å². The molecule has 3 N–H and O–H groups in total. The zero-order chi connectivity index (χ0) is 24.0. The van der Waals surface area contributed by atoms with E-state index in [0.29, 0.717) is 23.9 Å². The first-order valence-electron chi connectivity index (χ1n) is 10.8. The standard InChI is InChI=1S/C25H31N3O5/c1-25(2,3)28(24(30)31)16-18-7-5-9-19(13-18)27-23-26-15-22(33-23)20-14-17(8-6-12-29)10-11-21(20)32-4/h5,7,9-11,13-15,29H,6,8,12,16H2,1-4H3,(H,26,27)(H,30,31). The van der Waals surface area contributed by atoms with E-state index >= 15 is 0 Å². The highest BCUT2D eigenvalue weighted by molar-refractivity contribution is 5.68. The van der Waals surface area contributed by atoms with E-state index in [0.717, 1.165) is 28.8 Å². The average Bonchev–Trinajstić information content (AvgIpc) is 3.23. The van der Waals surface area contributed by atoms with Gasteiger partial charge in [-0.2, -0.15) is 0 Å². The first kappa shape index (κ1) is 24.1. The van der Waals surface area contributed by atoms with Crippen LogP contribution in [0.4, 0.5) is 16.5 Å². The number of carbonyl (C=O) groups is 1. The molecule has 0 bridgehead atoms. The minimum atomic E-state index is -0.964. The van der Waals surface area contributed by atoms with Gasteiger partial charge in [0.1, 0.15) is 5.75 Å². The summed E-state index contributed by atoms with van der Waals surface area (Å²) in [5.74, 6) is 1.23. The van der Waals surface area contributed by atoms with Crippen molar-refractivity contribution in [3.63, 3.8) is 0 Å². The number of nitrogens with one attached hydrogen (secondary N) is 1. The molecule has 1 heterocycles. The number of aromatic nitrogens is 1. The summed E-state index contributed by atoms with van der Waals surface area (Å²) in [5, 5.41) is 21.8. The van der Waals surface area contributed by atoms with Crippen molar-refractivity contribution in [2.75, 3.05) is 19.0 Å². The fraction of sp³-hybridized carbons (Fsp3) is 0.360. The highest BCUT2D eigenvalue weighted by Gasteiger charge is 2.26. The average molecular weight is 454 g/mol. The lowest BCUT2D eigenvalue weighted by molar-refractivity contribution is 0.0955. The van der Waals surface area contributed by atoms with E-state index in [2.05, 4.69) is 10.3 Å². The van der Waals surface area contributed by atoms with Crippen molar-refractivity contribution in [1.82, 2.24) is 9.88 Å². The van der Waals surface area contributed by atoms with E-state index in [1.165, 1.54) is 4.90 Å². The van der Waals surface area contributed by atoms with Crippen LogP contribution < -0.4 is 10.1 Å². The lowest BCUT2D eigenvalue weighted by atomic mass is 10.0. The number of aryl methyl sites for hydroxylation is 1. The number of hydrogen-bond donors (Lipinski definition) is 3. The van der Waals surface area contributed by atoms with Crippen molar-refractivity contribution in [1.29, 1.82) is 0 Å². The molecule has 0 unspecified atom stereocenters. The fourth-order valence-electron chi connectivity index (χ4n) is 3.49. The Morgan fingerprint density at radius 3 is 2.64 bits per heavy atom. The van der Waals surface area contributed by atoms with Crippen molar-refractivity contribution in [3.05, 3.63) is 59.8 Å². The largest absolute Gasteiger partial charge is 0.496 e. The summed E-state index contributed by atoms with van der Waals surface area (Å²) in [4.78, 5) is 17.4. The Morgan fingerprint density at radius 2 is 1.97 bits per heavy atom. The van der Waals surface area contributed by atoms with E-state index in [9.17, 15) is 9.90 Å². The number of carboxylic acid groups (broad SMARTS) is 1. The third-order valence-corrected chi connectivity index (χ3v) is 5.22. The monoisotopic (exact) mass is 453 g/mol. The van der Waals surface area contributed by atoms with Crippen LogP contribution in [0.3, 0.4) is 0 Å². The maximum absolute atomic E-state index is 11.7. The second kappa shape index (κ2) is 10.4. The van der Waals surface area contributed by atoms with Crippen LogP contribution in [0.25, 0.3) is 11.3 Å². The van der Waals surface area contributed by atoms with Gasteiger partial charge in [0.15, 0.2) is 5.76 Å². The Labute approximate surface area is 193 Å². The summed E-state index contributed by atoms with van der Waals surface area (Å²) in [5.41, 5.74) is 2.92. The summed E-state index contributed by atoms with van der Waals surface area (Å²) >= 11 is 0. The van der Waals surface area contributed by atoms with Gasteiger partial charge in [-0.15, -0.1) is 0 Å². The van der Waals surface area contributed by atoms with Gasteiger partial charge in [0.05, 0.1) is 18.9 Å². The first-order chi connectivity index (χ1) is 15.7. The minimum absolute atomic E-state index is 0.136. The number of rotatable bonds is 9. The van der Waals surface area contributed by atoms with E-state index < -0.39 is 11.6 Å². The van der Waals surface area contributed by atoms with Crippen molar-refractivity contribution in [2.45, 2.75) is 45.7 Å². The third-order valence-electron chi connectivity index (χ3n) is 5.22. The maximum atomic E-state index is 11.7. The van der Waals surface area contributed by atoms with Gasteiger partial charge in [0.25, 0.3) is 6.01 Å². The number of amides is 1. The molecule has 0 aliphatic rings. The molecule has 0 spiro atoms. The number of anilines is 2. The van der Waals surface area contributed by atoms with Gasteiger partial charge in [-0.25, -0.2) is 9.78 Å². The predicted octanol–water partition coefficient (Wildman–Crippen LogP) is 5.30. The number of hydrogen-bond acceptors (Lipinski definition) is 6. The molecular weight excluding hydrogens is 422 g/mol. The van der Waals surface area contributed by atoms with Crippen molar-refractivity contribution in [2.24, 2.45) is 0 Å². The lowest BCUT2D eigenvalue weighted by Gasteiger charge is -2.33. The highest BCUT2D eigenvalue weighted by Crippen LogP contribution is 2.33. The quantitative estimate of drug-likeness (QED) is 0.404. The second-order valence-corrected chi connectivity index (χ2v) is 8.76. The summed E-state index contributed by atoms with van der Waals surface area (Å²) in [7, 11) is 1.60. The van der Waals surface area contributed by atoms with Gasteiger partial charge in [-0.3, -0.25) is 4.90 Å². The maximum Gasteiger partial charge on any atom is 0.408 e. The van der Waals surface area contributed by atoms with Gasteiger partial charge >= 0.3 is 6.09 Å². The summed E-state index contributed by atoms with van der Waals surface area (Å²) in [6, 6.07) is 13.6. The molecule has 8 heteroatoms. The predicted molar refractivity (Wildman–Crippen MR) is 127 cm³/mol. The number of nitrogens with zero attached hydrogens (tertiary/aromatic N) is 2. The van der Waals surface area contributed by atoms with Gasteiger partial charge in [-0.1, -0.05) is 18.2 Å². The number of methoxy groups -OCH3 is 1. The molecule has 0 radical (unpaired) electrons. The Hall–Kier alpha value is -3.52. The number of aliphatic hydroxyl groups excluding tert-OH is 1. The van der Waals surface area contributed by atoms with Crippen LogP contribution in [0, 0.1) is 0 Å². The van der Waals surface area contributed by atoms with Crippen LogP contribution >= 0.6 is 0 Å². The molecule has 3 rings (SSSR count). The van der Waals surface area contributed by atoms with Crippen molar-refractivity contribution >= 4 is 17.8 Å². The van der Waals surface area contributed by atoms with Crippen LogP contribution in [0.15, 0.2) is 53.1 Å². The normalized spacial score (nSPS) is 11.3. The SMILES string of the molecule is COc1ccc(CCCO)cc1-c1cnc(Nc2cccc(CN(C(=O)O)C(C)(C)C)c2)o1. The zero-order valence-corrected chi connectivity index (χ0v) is 19.5. The Kier molecular flexibility index (Phi) is 7.60. The molecule has 1 aromatic heterocycles. The summed E-state index contributed by atoms with van der Waals surface area (Å²) in [6.45, 7) is 6.00. The van der Waals surface area contributed by atoms with E-state index in [4.69, 9.17) is 14.3 Å². The van der Waals surface area contributed by atoms with Gasteiger partial charge < -0.3 is 24.7 Å². The molecule has 8 nitrogen and oxygen atoms in total. The molecule has 0 saturated carbocycles. The molecule has 0 aliphatic carbocycles. The van der Waals surface area contributed by atoms with Gasteiger partial charge in [0.2, 0.25) is 0 Å². The van der Waals surface area contributed by atoms with Gasteiger partial charge in [0, 0.05) is 24.4 Å². The molecule has 0 aliphatic heterocycles.